The first kappa shape index (κ1) is 20.0. The maximum absolute atomic E-state index is 12.9. The van der Waals surface area contributed by atoms with Crippen molar-refractivity contribution in [3.05, 3.63) is 10.5 Å². The van der Waals surface area contributed by atoms with Gasteiger partial charge in [-0.05, 0) is 60.3 Å². The number of ketones is 1. The summed E-state index contributed by atoms with van der Waals surface area (Å²) in [6, 6.07) is 0. The molecule has 0 radical (unpaired) electrons. The van der Waals surface area contributed by atoms with Gasteiger partial charge in [-0.25, -0.2) is 0 Å². The van der Waals surface area contributed by atoms with Crippen LogP contribution in [0.2, 0.25) is 0 Å². The van der Waals surface area contributed by atoms with Gasteiger partial charge in [-0.3, -0.25) is 4.79 Å². The molecule has 0 spiro atoms. The first-order valence-corrected chi connectivity index (χ1v) is 12.0. The lowest BCUT2D eigenvalue weighted by Crippen LogP contribution is -2.42. The van der Waals surface area contributed by atoms with Crippen LogP contribution in [-0.2, 0) is 9.53 Å². The van der Waals surface area contributed by atoms with Crippen molar-refractivity contribution in [2.24, 2.45) is 28.1 Å². The Morgan fingerprint density at radius 1 is 1.15 bits per heavy atom. The second-order valence-corrected chi connectivity index (χ2v) is 12.8. The molecule has 0 saturated heterocycles. The number of thioether (sulfide) groups is 1. The summed E-state index contributed by atoms with van der Waals surface area (Å²) in [5, 5.41) is 0.438. The molecule has 1 unspecified atom stereocenters. The van der Waals surface area contributed by atoms with Gasteiger partial charge in [0.1, 0.15) is 0 Å². The zero-order valence-corrected chi connectivity index (χ0v) is 19.0. The number of carbonyl (C=O) groups is 1. The van der Waals surface area contributed by atoms with Crippen molar-refractivity contribution in [2.45, 2.75) is 97.8 Å². The predicted molar refractivity (Wildman–Crippen MR) is 114 cm³/mol. The molecule has 2 bridgehead atoms. The molecule has 5 atom stereocenters. The molecule has 0 amide bonds. The highest BCUT2D eigenvalue weighted by atomic mass is 32.2. The Bertz CT molecular complexity index is 656. The van der Waals surface area contributed by atoms with E-state index in [0.717, 1.165) is 24.4 Å². The van der Waals surface area contributed by atoms with Crippen LogP contribution in [0.5, 0.6) is 0 Å². The summed E-state index contributed by atoms with van der Waals surface area (Å²) in [7, 11) is 0. The molecular weight excluding hydrogens is 352 g/mol. The molecular formula is C24H38O2S. The smallest absolute Gasteiger partial charge is 0.169 e. The fraction of sp³-hybridized carbons (Fsp3) is 0.875. The van der Waals surface area contributed by atoms with Crippen molar-refractivity contribution < 1.29 is 9.53 Å². The number of fused-ring (bicyclic) bond motifs is 3. The van der Waals surface area contributed by atoms with Crippen molar-refractivity contribution in [1.82, 2.24) is 0 Å². The molecule has 4 aliphatic rings. The number of hydrogen-bond donors (Lipinski definition) is 0. The van der Waals surface area contributed by atoms with Gasteiger partial charge in [0.25, 0.3) is 0 Å². The number of carbonyl (C=O) groups excluding carboxylic acids is 1. The van der Waals surface area contributed by atoms with Crippen LogP contribution in [-0.4, -0.2) is 23.7 Å². The number of rotatable bonds is 4. The maximum atomic E-state index is 12.9. The third-order valence-electron chi connectivity index (χ3n) is 8.36. The molecule has 0 aliphatic heterocycles. The third-order valence-corrected chi connectivity index (χ3v) is 9.94. The van der Waals surface area contributed by atoms with Crippen LogP contribution in [0.4, 0.5) is 0 Å². The Morgan fingerprint density at radius 3 is 2.59 bits per heavy atom. The lowest BCUT2D eigenvalue weighted by atomic mass is 9.70. The van der Waals surface area contributed by atoms with E-state index in [-0.39, 0.29) is 22.3 Å². The molecule has 152 valence electrons. The van der Waals surface area contributed by atoms with Crippen LogP contribution in [0.1, 0.15) is 86.5 Å². The molecule has 0 N–H and O–H groups in total. The van der Waals surface area contributed by atoms with Crippen molar-refractivity contribution in [3.63, 3.8) is 0 Å². The Morgan fingerprint density at radius 2 is 1.89 bits per heavy atom. The molecule has 4 aliphatic carbocycles. The molecule has 2 nitrogen and oxygen atoms in total. The highest BCUT2D eigenvalue weighted by molar-refractivity contribution is 8.04. The van der Waals surface area contributed by atoms with Crippen molar-refractivity contribution in [3.8, 4) is 0 Å². The van der Waals surface area contributed by atoms with Gasteiger partial charge in [0, 0.05) is 17.1 Å². The van der Waals surface area contributed by atoms with Gasteiger partial charge in [0.15, 0.2) is 5.78 Å². The Balaban J connectivity index is 1.63. The predicted octanol–water partition coefficient (Wildman–Crippen LogP) is 6.39. The van der Waals surface area contributed by atoms with Crippen molar-refractivity contribution in [1.29, 1.82) is 0 Å². The fourth-order valence-corrected chi connectivity index (χ4v) is 8.41. The molecule has 0 aromatic carbocycles. The standard InChI is InChI=1S/C24H38O2S/c1-22(2,3)14-26-21-20(17-11-12-24(21,6)23(17,4)5)27-19-16-10-8-7-9-15(16)13-18(19)25/h15,17,20-21H,7-14H2,1-6H3/t15?,17-,20-,21-,24+/m0/s1. The van der Waals surface area contributed by atoms with E-state index in [4.69, 9.17) is 4.74 Å². The highest BCUT2D eigenvalue weighted by Gasteiger charge is 2.67. The average molecular weight is 391 g/mol. The molecule has 0 aromatic rings. The van der Waals surface area contributed by atoms with Crippen molar-refractivity contribution in [2.75, 3.05) is 6.61 Å². The van der Waals surface area contributed by atoms with E-state index < -0.39 is 0 Å². The highest BCUT2D eigenvalue weighted by Crippen LogP contribution is 2.69. The topological polar surface area (TPSA) is 26.3 Å². The zero-order chi connectivity index (χ0) is 19.6. The Labute approximate surface area is 170 Å². The van der Waals surface area contributed by atoms with E-state index in [1.165, 1.54) is 37.7 Å². The lowest BCUT2D eigenvalue weighted by molar-refractivity contribution is -0.114. The summed E-state index contributed by atoms with van der Waals surface area (Å²) < 4.78 is 6.68. The lowest BCUT2D eigenvalue weighted by Gasteiger charge is -2.41. The van der Waals surface area contributed by atoms with Gasteiger partial charge in [-0.15, -0.1) is 11.8 Å². The van der Waals surface area contributed by atoms with Crippen LogP contribution in [0.15, 0.2) is 10.5 Å². The SMILES string of the molecule is CC(C)(C)CO[C@H]1[C@@H](SC2=C3CCCCC3CC2=O)[C@@H]2CC[C@@]1(C)C2(C)C. The molecule has 3 heteroatoms. The van der Waals surface area contributed by atoms with Crippen LogP contribution in [0.25, 0.3) is 0 Å². The Kier molecular flexibility index (Phi) is 4.91. The summed E-state index contributed by atoms with van der Waals surface area (Å²) in [6.45, 7) is 14.9. The minimum atomic E-state index is 0.178. The number of allylic oxidation sites excluding steroid dienone is 2. The van der Waals surface area contributed by atoms with Gasteiger partial charge < -0.3 is 4.74 Å². The van der Waals surface area contributed by atoms with Gasteiger partial charge in [-0.1, -0.05) is 48.0 Å². The van der Waals surface area contributed by atoms with E-state index in [1.807, 2.05) is 11.8 Å². The summed E-state index contributed by atoms with van der Waals surface area (Å²) in [4.78, 5) is 14.0. The van der Waals surface area contributed by atoms with E-state index in [2.05, 4.69) is 41.5 Å². The van der Waals surface area contributed by atoms with Crippen LogP contribution >= 0.6 is 11.8 Å². The van der Waals surface area contributed by atoms with E-state index in [1.54, 1.807) is 0 Å². The molecule has 27 heavy (non-hydrogen) atoms. The Hall–Kier alpha value is -0.280. The summed E-state index contributed by atoms with van der Waals surface area (Å²) in [5.74, 6) is 1.65. The number of hydrogen-bond acceptors (Lipinski definition) is 3. The van der Waals surface area contributed by atoms with Gasteiger partial charge in [0.05, 0.1) is 17.6 Å². The molecule has 3 saturated carbocycles. The van der Waals surface area contributed by atoms with Gasteiger partial charge in [-0.2, -0.15) is 0 Å². The first-order chi connectivity index (χ1) is 12.5. The second-order valence-electron chi connectivity index (χ2n) is 11.6. The van der Waals surface area contributed by atoms with E-state index in [0.29, 0.717) is 22.9 Å². The van der Waals surface area contributed by atoms with Crippen molar-refractivity contribution >= 4 is 17.5 Å². The zero-order valence-electron chi connectivity index (χ0n) is 18.2. The minimum Gasteiger partial charge on any atom is -0.376 e. The fourth-order valence-electron chi connectivity index (χ4n) is 6.36. The second kappa shape index (κ2) is 6.62. The average Bonchev–Trinajstić information content (AvgIpc) is 3.06. The third kappa shape index (κ3) is 3.16. The van der Waals surface area contributed by atoms with Crippen LogP contribution in [0, 0.1) is 28.1 Å². The van der Waals surface area contributed by atoms with Gasteiger partial charge >= 0.3 is 0 Å². The van der Waals surface area contributed by atoms with E-state index in [9.17, 15) is 4.79 Å². The normalized spacial score (nSPS) is 40.7. The number of Topliss-reactive ketones (excluding diaryl/α,β-unsaturated/α-hetero) is 1. The largest absolute Gasteiger partial charge is 0.376 e. The van der Waals surface area contributed by atoms with E-state index >= 15 is 0 Å². The molecule has 0 heterocycles. The van der Waals surface area contributed by atoms with Crippen LogP contribution in [0.3, 0.4) is 0 Å². The summed E-state index contributed by atoms with van der Waals surface area (Å²) in [5.41, 5.74) is 2.19. The number of ether oxygens (including phenoxy) is 1. The molecule has 4 rings (SSSR count). The quantitative estimate of drug-likeness (QED) is 0.556. The molecule has 0 aromatic heterocycles. The monoisotopic (exact) mass is 390 g/mol. The minimum absolute atomic E-state index is 0.178. The summed E-state index contributed by atoms with van der Waals surface area (Å²) >= 11 is 1.94. The molecule has 3 fully saturated rings. The first-order valence-electron chi connectivity index (χ1n) is 11.1. The maximum Gasteiger partial charge on any atom is 0.169 e. The van der Waals surface area contributed by atoms with Crippen LogP contribution < -0.4 is 0 Å². The summed E-state index contributed by atoms with van der Waals surface area (Å²) in [6.07, 6.45) is 8.55. The van der Waals surface area contributed by atoms with Gasteiger partial charge in [0.2, 0.25) is 0 Å².